The molecule has 0 saturated heterocycles. The first-order valence-electron chi connectivity index (χ1n) is 5.11. The molecule has 0 N–H and O–H groups in total. The lowest BCUT2D eigenvalue weighted by Crippen LogP contribution is -2.36. The predicted molar refractivity (Wildman–Crippen MR) is 74.2 cm³/mol. The lowest BCUT2D eigenvalue weighted by molar-refractivity contribution is 0.315. The van der Waals surface area contributed by atoms with E-state index in [2.05, 4.69) is 39.2 Å². The molecule has 0 aliphatic carbocycles. The molecule has 0 amide bonds. The van der Waals surface area contributed by atoms with Gasteiger partial charge >= 0.3 is 0 Å². The molecule has 0 radical (unpaired) electrons. The van der Waals surface area contributed by atoms with E-state index in [9.17, 15) is 0 Å². The van der Waals surface area contributed by atoms with Crippen LogP contribution in [0.3, 0.4) is 0 Å². The summed E-state index contributed by atoms with van der Waals surface area (Å²) in [5.74, 6) is 1.35. The van der Waals surface area contributed by atoms with Crippen molar-refractivity contribution in [2.24, 2.45) is 9.98 Å². The van der Waals surface area contributed by atoms with Crippen LogP contribution in [0, 0.1) is 0 Å². The van der Waals surface area contributed by atoms with E-state index in [1.165, 1.54) is 6.20 Å². The largest absolute Gasteiger partial charge is 0.489 e. The van der Waals surface area contributed by atoms with Crippen molar-refractivity contribution in [3.05, 3.63) is 35.5 Å². The molecule has 0 aromatic heterocycles. The van der Waals surface area contributed by atoms with Crippen LogP contribution in [0.2, 0.25) is 0 Å². The zero-order valence-corrected chi connectivity index (χ0v) is 10.9. The molecule has 1 aromatic rings. The van der Waals surface area contributed by atoms with Gasteiger partial charge in [0.25, 0.3) is 0 Å². The Balaban J connectivity index is 2.44. The number of hydrogen-bond donors (Lipinski definition) is 0. The molecule has 1 heterocycles. The number of guanidine groups is 1. The van der Waals surface area contributed by atoms with Crippen LogP contribution < -0.4 is 9.64 Å². The topological polar surface area (TPSA) is 37.2 Å². The number of rotatable bonds is 1. The first kappa shape index (κ1) is 11.9. The van der Waals surface area contributed by atoms with Crippen LogP contribution in [0.1, 0.15) is 0 Å². The molecule has 0 fully saturated rings. The lowest BCUT2D eigenvalue weighted by atomic mass is 10.2. The molecule has 1 aliphatic rings. The first-order valence-corrected chi connectivity index (χ1v) is 5.91. The normalized spacial score (nSPS) is 14.9. The summed E-state index contributed by atoms with van der Waals surface area (Å²) in [6.45, 7) is 8.38. The second-order valence-electron chi connectivity index (χ2n) is 3.38. The van der Waals surface area contributed by atoms with Gasteiger partial charge in [-0.25, -0.2) is 9.98 Å². The zero-order chi connectivity index (χ0) is 12.3. The quantitative estimate of drug-likeness (QED) is 0.590. The third kappa shape index (κ3) is 2.39. The van der Waals surface area contributed by atoms with E-state index in [0.29, 0.717) is 19.1 Å². The van der Waals surface area contributed by atoms with Crippen LogP contribution in [0.25, 0.3) is 0 Å². The number of halogens is 1. The summed E-state index contributed by atoms with van der Waals surface area (Å²) in [6.07, 6.45) is 1.46. The van der Waals surface area contributed by atoms with Crippen LogP contribution in [0.4, 0.5) is 5.69 Å². The third-order valence-corrected chi connectivity index (χ3v) is 2.87. The Morgan fingerprint density at radius 1 is 1.53 bits per heavy atom. The van der Waals surface area contributed by atoms with Gasteiger partial charge in [-0.2, -0.15) is 0 Å². The Kier molecular flexibility index (Phi) is 3.58. The van der Waals surface area contributed by atoms with Gasteiger partial charge < -0.3 is 9.64 Å². The summed E-state index contributed by atoms with van der Waals surface area (Å²) in [7, 11) is 0. The van der Waals surface area contributed by atoms with E-state index < -0.39 is 0 Å². The SMILES string of the molecule is C=CN=C(N=C)N1CCOc2cc(Br)ccc21. The second-order valence-corrected chi connectivity index (χ2v) is 4.30. The van der Waals surface area contributed by atoms with Gasteiger partial charge in [-0.05, 0) is 24.9 Å². The molecular formula is C12H12BrN3O. The standard InChI is InChI=1S/C12H12BrN3O/c1-3-15-12(14-2)16-6-7-17-11-8-9(13)4-5-10(11)16/h3-5,8H,1-2,6-7H2. The minimum atomic E-state index is 0.534. The summed E-state index contributed by atoms with van der Waals surface area (Å²) < 4.78 is 6.57. The minimum Gasteiger partial charge on any atom is -0.489 e. The molecule has 17 heavy (non-hydrogen) atoms. The molecule has 88 valence electrons. The van der Waals surface area contributed by atoms with Gasteiger partial charge in [-0.15, -0.1) is 0 Å². The molecule has 1 aliphatic heterocycles. The maximum Gasteiger partial charge on any atom is 0.229 e. The maximum absolute atomic E-state index is 5.59. The molecule has 0 atom stereocenters. The smallest absolute Gasteiger partial charge is 0.229 e. The molecule has 0 saturated carbocycles. The predicted octanol–water partition coefficient (Wildman–Crippen LogP) is 2.85. The summed E-state index contributed by atoms with van der Waals surface area (Å²) >= 11 is 3.41. The summed E-state index contributed by atoms with van der Waals surface area (Å²) in [5, 5.41) is 0. The highest BCUT2D eigenvalue weighted by Gasteiger charge is 2.21. The molecule has 0 unspecified atom stereocenters. The number of fused-ring (bicyclic) bond motifs is 1. The fraction of sp³-hybridized carbons (Fsp3) is 0.167. The van der Waals surface area contributed by atoms with Crippen molar-refractivity contribution in [2.45, 2.75) is 0 Å². The Hall–Kier alpha value is -1.62. The Morgan fingerprint density at radius 3 is 3.06 bits per heavy atom. The van der Waals surface area contributed by atoms with Crippen molar-refractivity contribution >= 4 is 34.3 Å². The highest BCUT2D eigenvalue weighted by Crippen LogP contribution is 2.34. The molecule has 2 rings (SSSR count). The minimum absolute atomic E-state index is 0.534. The number of hydrogen-bond acceptors (Lipinski definition) is 2. The van der Waals surface area contributed by atoms with E-state index in [1.54, 1.807) is 0 Å². The molecule has 4 nitrogen and oxygen atoms in total. The van der Waals surface area contributed by atoms with Gasteiger partial charge in [0.1, 0.15) is 12.4 Å². The zero-order valence-electron chi connectivity index (χ0n) is 9.27. The van der Waals surface area contributed by atoms with E-state index in [0.717, 1.165) is 15.9 Å². The van der Waals surface area contributed by atoms with E-state index in [1.807, 2.05) is 23.1 Å². The molecule has 0 bridgehead atoms. The number of nitrogens with zero attached hydrogens (tertiary/aromatic N) is 3. The Labute approximate surface area is 108 Å². The van der Waals surface area contributed by atoms with Gasteiger partial charge in [0.05, 0.1) is 12.2 Å². The van der Waals surface area contributed by atoms with Crippen molar-refractivity contribution in [2.75, 3.05) is 18.1 Å². The number of benzene rings is 1. The monoisotopic (exact) mass is 293 g/mol. The van der Waals surface area contributed by atoms with Crippen molar-refractivity contribution in [3.63, 3.8) is 0 Å². The summed E-state index contributed by atoms with van der Waals surface area (Å²) in [6, 6.07) is 5.84. The fourth-order valence-electron chi connectivity index (χ4n) is 1.68. The number of ether oxygens (including phenoxy) is 1. The summed E-state index contributed by atoms with van der Waals surface area (Å²) in [5.41, 5.74) is 0.937. The highest BCUT2D eigenvalue weighted by atomic mass is 79.9. The average molecular weight is 294 g/mol. The summed E-state index contributed by atoms with van der Waals surface area (Å²) in [4.78, 5) is 9.97. The lowest BCUT2D eigenvalue weighted by Gasteiger charge is -2.29. The third-order valence-electron chi connectivity index (χ3n) is 2.37. The second kappa shape index (κ2) is 5.14. The molecular weight excluding hydrogens is 282 g/mol. The van der Waals surface area contributed by atoms with Crippen molar-refractivity contribution < 1.29 is 4.74 Å². The van der Waals surface area contributed by atoms with Crippen LogP contribution in [-0.2, 0) is 0 Å². The van der Waals surface area contributed by atoms with Crippen LogP contribution >= 0.6 is 15.9 Å². The first-order chi connectivity index (χ1) is 8.26. The Bertz CT molecular complexity index is 485. The van der Waals surface area contributed by atoms with Crippen LogP contribution in [-0.4, -0.2) is 25.8 Å². The van der Waals surface area contributed by atoms with Crippen molar-refractivity contribution in [1.29, 1.82) is 0 Å². The molecule has 1 aromatic carbocycles. The number of anilines is 1. The number of aliphatic imine (C=N–C) groups is 2. The Morgan fingerprint density at radius 2 is 2.35 bits per heavy atom. The van der Waals surface area contributed by atoms with Crippen molar-refractivity contribution in [1.82, 2.24) is 0 Å². The molecule has 0 spiro atoms. The van der Waals surface area contributed by atoms with Crippen LogP contribution in [0.5, 0.6) is 5.75 Å². The van der Waals surface area contributed by atoms with Gasteiger partial charge in [0.15, 0.2) is 0 Å². The highest BCUT2D eigenvalue weighted by molar-refractivity contribution is 9.10. The van der Waals surface area contributed by atoms with Gasteiger partial charge in [-0.3, -0.25) is 0 Å². The van der Waals surface area contributed by atoms with E-state index in [-0.39, 0.29) is 0 Å². The average Bonchev–Trinajstić information content (AvgIpc) is 2.35. The van der Waals surface area contributed by atoms with E-state index in [4.69, 9.17) is 4.74 Å². The molecule has 5 heteroatoms. The van der Waals surface area contributed by atoms with Gasteiger partial charge in [-0.1, -0.05) is 22.5 Å². The van der Waals surface area contributed by atoms with Gasteiger partial charge in [0, 0.05) is 10.7 Å². The van der Waals surface area contributed by atoms with Crippen molar-refractivity contribution in [3.8, 4) is 5.75 Å². The van der Waals surface area contributed by atoms with E-state index >= 15 is 0 Å². The van der Waals surface area contributed by atoms with Crippen LogP contribution in [0.15, 0.2) is 45.4 Å². The maximum atomic E-state index is 5.59. The van der Waals surface area contributed by atoms with Gasteiger partial charge in [0.2, 0.25) is 5.96 Å². The fourth-order valence-corrected chi connectivity index (χ4v) is 2.02.